The maximum atomic E-state index is 13.5. The molecule has 0 spiro atoms. The summed E-state index contributed by atoms with van der Waals surface area (Å²) in [5.74, 6) is 1.49. The van der Waals surface area contributed by atoms with Crippen molar-refractivity contribution in [3.05, 3.63) is 23.8 Å². The van der Waals surface area contributed by atoms with Crippen LogP contribution in [-0.4, -0.2) is 78.3 Å². The number of likely N-dealkylation sites (N-methyl/N-ethyl adjacent to an activating group) is 1. The zero-order valence-corrected chi connectivity index (χ0v) is 24.3. The van der Waals surface area contributed by atoms with Crippen molar-refractivity contribution in [2.24, 2.45) is 11.8 Å². The van der Waals surface area contributed by atoms with E-state index in [0.29, 0.717) is 18.0 Å². The van der Waals surface area contributed by atoms with Gasteiger partial charge in [0.2, 0.25) is 5.91 Å². The number of benzene rings is 1. The Bertz CT molecular complexity index is 945. The molecule has 39 heavy (non-hydrogen) atoms. The van der Waals surface area contributed by atoms with Crippen molar-refractivity contribution in [3.63, 3.8) is 0 Å². The first-order valence-corrected chi connectivity index (χ1v) is 15.3. The lowest BCUT2D eigenvalue weighted by molar-refractivity contribution is -0.134. The molecule has 2 fully saturated rings. The van der Waals surface area contributed by atoms with Gasteiger partial charge in [-0.3, -0.25) is 4.79 Å². The minimum atomic E-state index is -0.273. The van der Waals surface area contributed by atoms with Crippen LogP contribution in [0.1, 0.15) is 83.6 Å². The summed E-state index contributed by atoms with van der Waals surface area (Å²) in [6, 6.07) is 5.37. The number of hydrogen-bond donors (Lipinski definition) is 3. The lowest BCUT2D eigenvalue weighted by atomic mass is 9.89. The van der Waals surface area contributed by atoms with E-state index in [-0.39, 0.29) is 49.1 Å². The maximum Gasteiger partial charge on any atom is 0.319 e. The molecule has 3 atom stereocenters. The van der Waals surface area contributed by atoms with E-state index in [9.17, 15) is 14.7 Å². The highest BCUT2D eigenvalue weighted by Gasteiger charge is 2.31. The normalized spacial score (nSPS) is 24.2. The summed E-state index contributed by atoms with van der Waals surface area (Å²) in [5, 5.41) is 16.0. The van der Waals surface area contributed by atoms with E-state index in [4.69, 9.17) is 4.74 Å². The monoisotopic (exact) mass is 542 g/mol. The second kappa shape index (κ2) is 14.4. The highest BCUT2D eigenvalue weighted by Crippen LogP contribution is 2.30. The highest BCUT2D eigenvalue weighted by molar-refractivity contribution is 5.90. The first-order valence-electron chi connectivity index (χ1n) is 15.3. The van der Waals surface area contributed by atoms with Crippen molar-refractivity contribution in [3.8, 4) is 5.75 Å². The predicted molar refractivity (Wildman–Crippen MR) is 155 cm³/mol. The van der Waals surface area contributed by atoms with Gasteiger partial charge >= 0.3 is 6.03 Å². The van der Waals surface area contributed by atoms with Gasteiger partial charge in [0.25, 0.3) is 0 Å². The van der Waals surface area contributed by atoms with Gasteiger partial charge < -0.3 is 30.3 Å². The third kappa shape index (κ3) is 8.58. The summed E-state index contributed by atoms with van der Waals surface area (Å²) in [6.45, 7) is 6.32. The van der Waals surface area contributed by atoms with Gasteiger partial charge in [-0.05, 0) is 63.8 Å². The average molecular weight is 543 g/mol. The van der Waals surface area contributed by atoms with Gasteiger partial charge in [0.05, 0.1) is 19.1 Å². The van der Waals surface area contributed by atoms with Gasteiger partial charge in [0, 0.05) is 42.8 Å². The summed E-state index contributed by atoms with van der Waals surface area (Å²) < 4.78 is 6.67. The van der Waals surface area contributed by atoms with E-state index in [1.807, 2.05) is 25.1 Å². The largest absolute Gasteiger partial charge is 0.488 e. The van der Waals surface area contributed by atoms with Crippen LogP contribution in [0.4, 0.5) is 10.5 Å². The van der Waals surface area contributed by atoms with Gasteiger partial charge in [0.1, 0.15) is 11.9 Å². The lowest BCUT2D eigenvalue weighted by Gasteiger charge is -2.35. The maximum absolute atomic E-state index is 13.5. The molecular formula is C31H50N4O4. The Balaban J connectivity index is 1.50. The SMILES string of the molecule is C[C@H](CO)N1C[C@H](C)[C@@H](CN(C)CC2CCCCC2)Oc2ccc(NC(=O)NC3CCCCC3)cc2CC1=O. The Morgan fingerprint density at radius 2 is 1.79 bits per heavy atom. The van der Waals surface area contributed by atoms with Crippen LogP contribution in [0.25, 0.3) is 0 Å². The van der Waals surface area contributed by atoms with E-state index >= 15 is 0 Å². The van der Waals surface area contributed by atoms with Crippen LogP contribution in [0.5, 0.6) is 5.75 Å². The summed E-state index contributed by atoms with van der Waals surface area (Å²) in [5.41, 5.74) is 1.41. The summed E-state index contributed by atoms with van der Waals surface area (Å²) in [4.78, 5) is 30.3. The van der Waals surface area contributed by atoms with Crippen molar-refractivity contribution >= 4 is 17.6 Å². The number of nitrogens with one attached hydrogen (secondary N) is 2. The molecule has 3 N–H and O–H groups in total. The van der Waals surface area contributed by atoms with Gasteiger partial charge in [-0.25, -0.2) is 4.79 Å². The number of carbonyl (C=O) groups is 2. The average Bonchev–Trinajstić information content (AvgIpc) is 2.97. The molecule has 2 saturated carbocycles. The lowest BCUT2D eigenvalue weighted by Crippen LogP contribution is -2.48. The van der Waals surface area contributed by atoms with Crippen LogP contribution in [-0.2, 0) is 11.2 Å². The Morgan fingerprint density at radius 1 is 1.10 bits per heavy atom. The molecule has 1 aromatic carbocycles. The number of aliphatic hydroxyl groups excluding tert-OH is 1. The van der Waals surface area contributed by atoms with Gasteiger partial charge in [0.15, 0.2) is 0 Å². The van der Waals surface area contributed by atoms with Crippen LogP contribution in [0.2, 0.25) is 0 Å². The first-order chi connectivity index (χ1) is 18.8. The van der Waals surface area contributed by atoms with Gasteiger partial charge in [-0.1, -0.05) is 45.4 Å². The van der Waals surface area contributed by atoms with Gasteiger partial charge in [-0.2, -0.15) is 0 Å². The van der Waals surface area contributed by atoms with E-state index in [1.54, 1.807) is 4.90 Å². The molecule has 0 unspecified atom stereocenters. The Labute approximate surface area is 234 Å². The molecule has 1 aliphatic heterocycles. The topological polar surface area (TPSA) is 94.1 Å². The number of ether oxygens (including phenoxy) is 1. The fourth-order valence-electron chi connectivity index (χ4n) is 6.52. The Kier molecular flexibility index (Phi) is 10.9. The molecule has 2 aliphatic carbocycles. The molecule has 1 heterocycles. The third-order valence-electron chi connectivity index (χ3n) is 8.90. The van der Waals surface area contributed by atoms with Crippen LogP contribution in [0, 0.1) is 11.8 Å². The number of hydrogen-bond acceptors (Lipinski definition) is 5. The van der Waals surface area contributed by atoms with E-state index in [0.717, 1.165) is 50.3 Å². The Hall–Kier alpha value is -2.32. The second-order valence-corrected chi connectivity index (χ2v) is 12.4. The zero-order valence-electron chi connectivity index (χ0n) is 24.3. The summed E-state index contributed by atoms with van der Waals surface area (Å²) in [7, 11) is 2.18. The fraction of sp³-hybridized carbons (Fsp3) is 0.742. The van der Waals surface area contributed by atoms with Crippen molar-refractivity contribution in [2.45, 2.75) is 103 Å². The molecule has 0 bridgehead atoms. The summed E-state index contributed by atoms with van der Waals surface area (Å²) >= 11 is 0. The molecule has 1 aromatic rings. The first kappa shape index (κ1) is 29.7. The van der Waals surface area contributed by atoms with Gasteiger partial charge in [-0.15, -0.1) is 0 Å². The van der Waals surface area contributed by atoms with Crippen molar-refractivity contribution < 1.29 is 19.4 Å². The quantitative estimate of drug-likeness (QED) is 0.439. The number of fused-ring (bicyclic) bond motifs is 1. The van der Waals surface area contributed by atoms with Crippen LogP contribution in [0.3, 0.4) is 0 Å². The number of urea groups is 1. The Morgan fingerprint density at radius 3 is 2.49 bits per heavy atom. The molecular weight excluding hydrogens is 492 g/mol. The zero-order chi connectivity index (χ0) is 27.8. The minimum Gasteiger partial charge on any atom is -0.488 e. The standard InChI is InChI=1S/C31H50N4O4/c1-22-18-35(23(2)21-36)30(37)17-25-16-27(33-31(38)32-26-12-8-5-9-13-26)14-15-28(25)39-29(22)20-34(3)19-24-10-6-4-7-11-24/h14-16,22-24,26,29,36H,4-13,17-21H2,1-3H3,(H2,32,33,38)/t22-,23+,29+/m0/s1. The van der Waals surface area contributed by atoms with E-state index in [2.05, 4.69) is 29.5 Å². The molecule has 3 amide bonds. The van der Waals surface area contributed by atoms with E-state index < -0.39 is 0 Å². The summed E-state index contributed by atoms with van der Waals surface area (Å²) in [6.07, 6.45) is 12.3. The highest BCUT2D eigenvalue weighted by atomic mass is 16.5. The van der Waals surface area contributed by atoms with Crippen LogP contribution < -0.4 is 15.4 Å². The fourth-order valence-corrected chi connectivity index (χ4v) is 6.52. The molecule has 8 nitrogen and oxygen atoms in total. The molecule has 0 saturated heterocycles. The molecule has 8 heteroatoms. The number of rotatable bonds is 8. The smallest absolute Gasteiger partial charge is 0.319 e. The van der Waals surface area contributed by atoms with Crippen LogP contribution >= 0.6 is 0 Å². The molecule has 218 valence electrons. The molecule has 4 rings (SSSR count). The van der Waals surface area contributed by atoms with Crippen molar-refractivity contribution in [2.75, 3.05) is 38.6 Å². The van der Waals surface area contributed by atoms with E-state index in [1.165, 1.54) is 38.5 Å². The number of carbonyl (C=O) groups excluding carboxylic acids is 2. The number of nitrogens with zero attached hydrogens (tertiary/aromatic N) is 2. The van der Waals surface area contributed by atoms with Crippen molar-refractivity contribution in [1.82, 2.24) is 15.1 Å². The van der Waals surface area contributed by atoms with Crippen LogP contribution in [0.15, 0.2) is 18.2 Å². The minimum absolute atomic E-state index is 0.0340. The predicted octanol–water partition coefficient (Wildman–Crippen LogP) is 4.80. The number of amides is 3. The third-order valence-corrected chi connectivity index (χ3v) is 8.90. The molecule has 0 radical (unpaired) electrons. The number of aliphatic hydroxyl groups is 1. The molecule has 3 aliphatic rings. The molecule has 0 aromatic heterocycles. The second-order valence-electron chi connectivity index (χ2n) is 12.4. The number of anilines is 1. The van der Waals surface area contributed by atoms with Crippen molar-refractivity contribution in [1.29, 1.82) is 0 Å².